The molecule has 0 aliphatic heterocycles. The molecule has 2 N–H and O–H groups in total. The first-order valence-corrected chi connectivity index (χ1v) is 7.96. The van der Waals surface area contributed by atoms with Gasteiger partial charge in [0.25, 0.3) is 0 Å². The van der Waals surface area contributed by atoms with E-state index in [1.807, 2.05) is 13.8 Å². The predicted molar refractivity (Wildman–Crippen MR) is 83.6 cm³/mol. The molecule has 4 heteroatoms. The first-order valence-electron chi connectivity index (χ1n) is 7.96. The summed E-state index contributed by atoms with van der Waals surface area (Å²) in [7, 11) is 0. The molecular formula is C18H23NO3. The molecule has 1 saturated carbocycles. The summed E-state index contributed by atoms with van der Waals surface area (Å²) >= 11 is 0. The third-order valence-corrected chi connectivity index (χ3v) is 5.21. The maximum absolute atomic E-state index is 12.6. The summed E-state index contributed by atoms with van der Waals surface area (Å²) in [6, 6.07) is 8.43. The molecule has 0 heterocycles. The molecule has 0 saturated heterocycles. The lowest BCUT2D eigenvalue weighted by Gasteiger charge is -2.26. The van der Waals surface area contributed by atoms with Crippen molar-refractivity contribution in [1.82, 2.24) is 5.32 Å². The van der Waals surface area contributed by atoms with Crippen molar-refractivity contribution in [1.29, 1.82) is 0 Å². The van der Waals surface area contributed by atoms with Crippen molar-refractivity contribution < 1.29 is 14.7 Å². The minimum absolute atomic E-state index is 0.0419. The van der Waals surface area contributed by atoms with E-state index < -0.39 is 11.5 Å². The number of carbonyl (C=O) groups is 2. The zero-order chi connectivity index (χ0) is 16.0. The van der Waals surface area contributed by atoms with Gasteiger partial charge >= 0.3 is 5.97 Å². The summed E-state index contributed by atoms with van der Waals surface area (Å²) < 4.78 is 0. The van der Waals surface area contributed by atoms with Crippen molar-refractivity contribution in [3.8, 4) is 0 Å². The van der Waals surface area contributed by atoms with Crippen LogP contribution in [0, 0.1) is 5.92 Å². The van der Waals surface area contributed by atoms with E-state index >= 15 is 0 Å². The SMILES string of the molecule is CC(C)(CCC(=O)O)NC(=O)C1CC12CCc1ccccc12. The molecule has 1 amide bonds. The van der Waals surface area contributed by atoms with Crippen LogP contribution in [0.2, 0.25) is 0 Å². The van der Waals surface area contributed by atoms with E-state index in [2.05, 4.69) is 29.6 Å². The van der Waals surface area contributed by atoms with Gasteiger partial charge in [-0.1, -0.05) is 24.3 Å². The van der Waals surface area contributed by atoms with Crippen molar-refractivity contribution in [3.05, 3.63) is 35.4 Å². The van der Waals surface area contributed by atoms with Gasteiger partial charge in [-0.15, -0.1) is 0 Å². The summed E-state index contributed by atoms with van der Waals surface area (Å²) in [5.74, 6) is -0.706. The summed E-state index contributed by atoms with van der Waals surface area (Å²) in [4.78, 5) is 23.3. The maximum atomic E-state index is 12.6. The van der Waals surface area contributed by atoms with Crippen molar-refractivity contribution in [2.24, 2.45) is 5.92 Å². The highest BCUT2D eigenvalue weighted by molar-refractivity contribution is 5.85. The van der Waals surface area contributed by atoms with Crippen LogP contribution in [-0.4, -0.2) is 22.5 Å². The molecule has 1 aromatic carbocycles. The first-order chi connectivity index (χ1) is 10.3. The minimum atomic E-state index is -0.824. The number of fused-ring (bicyclic) bond motifs is 2. The minimum Gasteiger partial charge on any atom is -0.481 e. The van der Waals surface area contributed by atoms with Gasteiger partial charge in [-0.25, -0.2) is 0 Å². The van der Waals surface area contributed by atoms with E-state index in [9.17, 15) is 9.59 Å². The Morgan fingerprint density at radius 2 is 2.09 bits per heavy atom. The summed E-state index contributed by atoms with van der Waals surface area (Å²) in [6.07, 6.45) is 3.56. The van der Waals surface area contributed by atoms with E-state index in [0.717, 1.165) is 19.3 Å². The van der Waals surface area contributed by atoms with Crippen LogP contribution < -0.4 is 5.32 Å². The molecule has 0 radical (unpaired) electrons. The monoisotopic (exact) mass is 301 g/mol. The average Bonchev–Trinajstić information content (AvgIpc) is 3.07. The molecule has 22 heavy (non-hydrogen) atoms. The second-order valence-corrected chi connectivity index (χ2v) is 7.34. The summed E-state index contributed by atoms with van der Waals surface area (Å²) in [5.41, 5.74) is 2.29. The van der Waals surface area contributed by atoms with Crippen LogP contribution in [0.1, 0.15) is 50.7 Å². The molecule has 2 aliphatic carbocycles. The van der Waals surface area contributed by atoms with Crippen molar-refractivity contribution in [3.63, 3.8) is 0 Å². The van der Waals surface area contributed by atoms with E-state index in [1.165, 1.54) is 11.1 Å². The smallest absolute Gasteiger partial charge is 0.303 e. The average molecular weight is 301 g/mol. The van der Waals surface area contributed by atoms with Crippen molar-refractivity contribution in [2.75, 3.05) is 0 Å². The quantitative estimate of drug-likeness (QED) is 0.878. The van der Waals surface area contributed by atoms with Gasteiger partial charge in [-0.3, -0.25) is 9.59 Å². The second kappa shape index (κ2) is 5.11. The van der Waals surface area contributed by atoms with Crippen LogP contribution in [0.15, 0.2) is 24.3 Å². The Balaban J connectivity index is 1.65. The van der Waals surface area contributed by atoms with Crippen LogP contribution in [0.5, 0.6) is 0 Å². The third kappa shape index (κ3) is 2.62. The lowest BCUT2D eigenvalue weighted by Crippen LogP contribution is -2.45. The van der Waals surface area contributed by atoms with Crippen LogP contribution in [0.3, 0.4) is 0 Å². The fourth-order valence-corrected chi connectivity index (χ4v) is 3.84. The van der Waals surface area contributed by atoms with Gasteiger partial charge in [-0.2, -0.15) is 0 Å². The Kier molecular flexibility index (Phi) is 3.50. The van der Waals surface area contributed by atoms with Gasteiger partial charge in [0.05, 0.1) is 0 Å². The number of aryl methyl sites for hydroxylation is 1. The third-order valence-electron chi connectivity index (χ3n) is 5.21. The highest BCUT2D eigenvalue weighted by Gasteiger charge is 2.61. The van der Waals surface area contributed by atoms with E-state index in [-0.39, 0.29) is 23.7 Å². The molecule has 2 aliphatic rings. The number of aliphatic carboxylic acids is 1. The van der Waals surface area contributed by atoms with Gasteiger partial charge in [-0.05, 0) is 50.7 Å². The number of nitrogens with one attached hydrogen (secondary N) is 1. The van der Waals surface area contributed by atoms with Gasteiger partial charge in [0.1, 0.15) is 0 Å². The van der Waals surface area contributed by atoms with Gasteiger partial charge < -0.3 is 10.4 Å². The normalized spacial score (nSPS) is 25.8. The standard InChI is InChI=1S/C18H23NO3/c1-17(2,9-8-15(20)21)19-16(22)14-11-18(14)10-7-12-5-3-4-6-13(12)18/h3-6,14H,7-11H2,1-2H3,(H,19,22)(H,20,21). The van der Waals surface area contributed by atoms with Crippen molar-refractivity contribution in [2.45, 2.75) is 56.9 Å². The second-order valence-electron chi connectivity index (χ2n) is 7.34. The predicted octanol–water partition coefficient (Wildman–Crippen LogP) is 2.65. The van der Waals surface area contributed by atoms with Crippen LogP contribution >= 0.6 is 0 Å². The van der Waals surface area contributed by atoms with Crippen LogP contribution in [0.25, 0.3) is 0 Å². The number of carboxylic acid groups (broad SMARTS) is 1. The van der Waals surface area contributed by atoms with Gasteiger partial charge in [0.15, 0.2) is 0 Å². The van der Waals surface area contributed by atoms with Crippen LogP contribution in [0.4, 0.5) is 0 Å². The summed E-state index contributed by atoms with van der Waals surface area (Å²) in [6.45, 7) is 3.79. The Hall–Kier alpha value is -1.84. The Bertz CT molecular complexity index is 623. The molecule has 1 aromatic rings. The fourth-order valence-electron chi connectivity index (χ4n) is 3.84. The topological polar surface area (TPSA) is 66.4 Å². The molecular weight excluding hydrogens is 278 g/mol. The number of benzene rings is 1. The molecule has 1 fully saturated rings. The molecule has 118 valence electrons. The largest absolute Gasteiger partial charge is 0.481 e. The molecule has 0 bridgehead atoms. The van der Waals surface area contributed by atoms with Crippen LogP contribution in [-0.2, 0) is 21.4 Å². The van der Waals surface area contributed by atoms with E-state index in [1.54, 1.807) is 0 Å². The van der Waals surface area contributed by atoms with Crippen molar-refractivity contribution >= 4 is 11.9 Å². The van der Waals surface area contributed by atoms with Gasteiger partial charge in [0.2, 0.25) is 5.91 Å². The lowest BCUT2D eigenvalue weighted by atomic mass is 9.94. The number of hydrogen-bond donors (Lipinski definition) is 2. The molecule has 4 nitrogen and oxygen atoms in total. The Morgan fingerprint density at radius 1 is 1.36 bits per heavy atom. The Labute approximate surface area is 130 Å². The highest BCUT2D eigenvalue weighted by atomic mass is 16.4. The van der Waals surface area contributed by atoms with E-state index in [4.69, 9.17) is 5.11 Å². The van der Waals surface area contributed by atoms with Gasteiger partial charge in [0, 0.05) is 23.3 Å². The molecule has 0 aromatic heterocycles. The number of carbonyl (C=O) groups excluding carboxylic acids is 1. The lowest BCUT2D eigenvalue weighted by molar-refractivity contribution is -0.138. The Morgan fingerprint density at radius 3 is 2.82 bits per heavy atom. The number of hydrogen-bond acceptors (Lipinski definition) is 2. The number of carboxylic acids is 1. The molecule has 2 unspecified atom stereocenters. The molecule has 2 atom stereocenters. The zero-order valence-corrected chi connectivity index (χ0v) is 13.2. The number of amides is 1. The fraction of sp³-hybridized carbons (Fsp3) is 0.556. The maximum Gasteiger partial charge on any atom is 0.303 e. The highest BCUT2D eigenvalue weighted by Crippen LogP contribution is 2.61. The van der Waals surface area contributed by atoms with E-state index in [0.29, 0.717) is 6.42 Å². The molecule has 3 rings (SSSR count). The number of rotatable bonds is 5. The summed E-state index contributed by atoms with van der Waals surface area (Å²) in [5, 5.41) is 11.8. The first kappa shape index (κ1) is 15.1. The zero-order valence-electron chi connectivity index (χ0n) is 13.2. The molecule has 1 spiro atoms.